The number of carboxylic acid groups (broad SMARTS) is 1. The van der Waals surface area contributed by atoms with Crippen LogP contribution in [0, 0.1) is 6.92 Å². The highest BCUT2D eigenvalue weighted by molar-refractivity contribution is 7.10. The fraction of sp³-hybridized carbons (Fsp3) is 0.500. The number of urea groups is 1. The van der Waals surface area contributed by atoms with Crippen LogP contribution in [0.4, 0.5) is 4.79 Å². The fourth-order valence-corrected chi connectivity index (χ4v) is 2.29. The number of hydrogen-bond acceptors (Lipinski definition) is 3. The van der Waals surface area contributed by atoms with Crippen molar-refractivity contribution in [3.8, 4) is 0 Å². The average molecular weight is 270 g/mol. The number of hydrogen-bond donors (Lipinski definition) is 2. The molecule has 2 N–H and O–H groups in total. The van der Waals surface area contributed by atoms with Gasteiger partial charge in [-0.25, -0.2) is 4.79 Å². The minimum Gasteiger partial charge on any atom is -0.481 e. The van der Waals surface area contributed by atoms with Gasteiger partial charge in [-0.1, -0.05) is 0 Å². The van der Waals surface area contributed by atoms with E-state index < -0.39 is 5.97 Å². The molecular formula is C12H18N2O3S. The Morgan fingerprint density at radius 1 is 1.50 bits per heavy atom. The quantitative estimate of drug-likeness (QED) is 0.831. The zero-order chi connectivity index (χ0) is 13.5. The van der Waals surface area contributed by atoms with Crippen molar-refractivity contribution in [2.75, 3.05) is 13.6 Å². The molecule has 100 valence electrons. The predicted molar refractivity (Wildman–Crippen MR) is 70.8 cm³/mol. The Balaban J connectivity index is 2.27. The Labute approximate surface area is 110 Å². The first-order chi connectivity index (χ1) is 8.50. The summed E-state index contributed by atoms with van der Waals surface area (Å²) in [7, 11) is 1.67. The number of nitrogens with one attached hydrogen (secondary N) is 1. The summed E-state index contributed by atoms with van der Waals surface area (Å²) in [6.45, 7) is 2.97. The fourth-order valence-electron chi connectivity index (χ4n) is 1.45. The third kappa shape index (κ3) is 4.75. The van der Waals surface area contributed by atoms with Gasteiger partial charge < -0.3 is 15.3 Å². The summed E-state index contributed by atoms with van der Waals surface area (Å²) >= 11 is 1.61. The van der Waals surface area contributed by atoms with Crippen LogP contribution < -0.4 is 5.32 Å². The van der Waals surface area contributed by atoms with Crippen LogP contribution in [-0.4, -0.2) is 35.6 Å². The van der Waals surface area contributed by atoms with Crippen LogP contribution in [0.25, 0.3) is 0 Å². The van der Waals surface area contributed by atoms with E-state index in [1.807, 2.05) is 18.4 Å². The third-order valence-corrected chi connectivity index (χ3v) is 3.62. The van der Waals surface area contributed by atoms with Crippen LogP contribution >= 0.6 is 11.3 Å². The lowest BCUT2D eigenvalue weighted by Crippen LogP contribution is -2.37. The van der Waals surface area contributed by atoms with Gasteiger partial charge in [-0.2, -0.15) is 0 Å². The zero-order valence-electron chi connectivity index (χ0n) is 10.6. The van der Waals surface area contributed by atoms with Crippen molar-refractivity contribution >= 4 is 23.3 Å². The van der Waals surface area contributed by atoms with E-state index in [1.54, 1.807) is 18.4 Å². The van der Waals surface area contributed by atoms with Gasteiger partial charge in [0.05, 0.1) is 6.54 Å². The summed E-state index contributed by atoms with van der Waals surface area (Å²) in [4.78, 5) is 24.7. The molecule has 0 fully saturated rings. The van der Waals surface area contributed by atoms with Crippen LogP contribution in [0.5, 0.6) is 0 Å². The first-order valence-electron chi connectivity index (χ1n) is 5.74. The first-order valence-corrected chi connectivity index (χ1v) is 6.62. The van der Waals surface area contributed by atoms with Crippen LogP contribution in [-0.2, 0) is 11.3 Å². The van der Waals surface area contributed by atoms with Crippen molar-refractivity contribution in [2.24, 2.45) is 0 Å². The molecule has 6 heteroatoms. The largest absolute Gasteiger partial charge is 0.481 e. The van der Waals surface area contributed by atoms with Crippen LogP contribution in [0.3, 0.4) is 0 Å². The van der Waals surface area contributed by atoms with Gasteiger partial charge in [0.25, 0.3) is 0 Å². The van der Waals surface area contributed by atoms with Gasteiger partial charge in [-0.05, 0) is 30.4 Å². The molecular weight excluding hydrogens is 252 g/mol. The van der Waals surface area contributed by atoms with Crippen LogP contribution in [0.1, 0.15) is 23.3 Å². The maximum atomic E-state index is 11.7. The monoisotopic (exact) mass is 270 g/mol. The molecule has 0 aromatic carbocycles. The Hall–Kier alpha value is -1.56. The highest BCUT2D eigenvalue weighted by atomic mass is 32.1. The molecule has 5 nitrogen and oxygen atoms in total. The Kier molecular flexibility index (Phi) is 5.64. The summed E-state index contributed by atoms with van der Waals surface area (Å²) in [6.07, 6.45) is 0.554. The smallest absolute Gasteiger partial charge is 0.317 e. The molecule has 1 rings (SSSR count). The molecule has 1 heterocycles. The number of carbonyl (C=O) groups is 2. The van der Waals surface area contributed by atoms with Crippen LogP contribution in [0.15, 0.2) is 11.4 Å². The summed E-state index contributed by atoms with van der Waals surface area (Å²) < 4.78 is 0. The van der Waals surface area contributed by atoms with Crippen molar-refractivity contribution in [1.29, 1.82) is 0 Å². The highest BCUT2D eigenvalue weighted by Crippen LogP contribution is 2.14. The number of aryl methyl sites for hydroxylation is 1. The van der Waals surface area contributed by atoms with E-state index in [0.717, 1.165) is 4.88 Å². The van der Waals surface area contributed by atoms with Gasteiger partial charge in [-0.3, -0.25) is 4.79 Å². The number of thiophene rings is 1. The molecule has 0 aliphatic rings. The van der Waals surface area contributed by atoms with Gasteiger partial charge in [-0.15, -0.1) is 11.3 Å². The van der Waals surface area contributed by atoms with Crippen molar-refractivity contribution in [3.63, 3.8) is 0 Å². The lowest BCUT2D eigenvalue weighted by atomic mass is 10.3. The van der Waals surface area contributed by atoms with Gasteiger partial charge in [0.15, 0.2) is 0 Å². The predicted octanol–water partition coefficient (Wildman–Crippen LogP) is 2.06. The molecule has 0 saturated carbocycles. The zero-order valence-corrected chi connectivity index (χ0v) is 11.4. The van der Waals surface area contributed by atoms with Crippen molar-refractivity contribution in [3.05, 3.63) is 21.9 Å². The molecule has 0 spiro atoms. The second-order valence-corrected chi connectivity index (χ2v) is 5.11. The maximum absolute atomic E-state index is 11.7. The molecule has 0 saturated heterocycles. The molecule has 0 bridgehead atoms. The second-order valence-electron chi connectivity index (χ2n) is 4.10. The Morgan fingerprint density at radius 2 is 2.22 bits per heavy atom. The highest BCUT2D eigenvalue weighted by Gasteiger charge is 2.09. The first kappa shape index (κ1) is 14.5. The van der Waals surface area contributed by atoms with Crippen molar-refractivity contribution < 1.29 is 14.7 Å². The van der Waals surface area contributed by atoms with E-state index in [2.05, 4.69) is 5.32 Å². The molecule has 18 heavy (non-hydrogen) atoms. The van der Waals surface area contributed by atoms with E-state index in [9.17, 15) is 9.59 Å². The summed E-state index contributed by atoms with van der Waals surface area (Å²) in [5.74, 6) is -0.835. The minimum atomic E-state index is -0.835. The molecule has 1 aromatic rings. The summed E-state index contributed by atoms with van der Waals surface area (Å²) in [5, 5.41) is 13.3. The van der Waals surface area contributed by atoms with E-state index in [4.69, 9.17) is 5.11 Å². The number of nitrogens with zero attached hydrogens (tertiary/aromatic N) is 1. The second kappa shape index (κ2) is 7.00. The summed E-state index contributed by atoms with van der Waals surface area (Å²) in [6, 6.07) is 1.84. The third-order valence-electron chi connectivity index (χ3n) is 2.60. The molecule has 0 aliphatic carbocycles. The minimum absolute atomic E-state index is 0.0850. The van der Waals surface area contributed by atoms with E-state index >= 15 is 0 Å². The van der Waals surface area contributed by atoms with E-state index in [0.29, 0.717) is 19.5 Å². The van der Waals surface area contributed by atoms with Crippen LogP contribution in [0.2, 0.25) is 0 Å². The molecule has 2 amide bonds. The molecule has 0 atom stereocenters. The number of aliphatic carboxylic acids is 1. The maximum Gasteiger partial charge on any atom is 0.317 e. The van der Waals surface area contributed by atoms with Crippen molar-refractivity contribution in [1.82, 2.24) is 10.2 Å². The number of rotatable bonds is 6. The molecule has 0 unspecified atom stereocenters. The normalized spacial score (nSPS) is 10.1. The molecule has 0 radical (unpaired) electrons. The average Bonchev–Trinajstić information content (AvgIpc) is 2.71. The van der Waals surface area contributed by atoms with Crippen molar-refractivity contribution in [2.45, 2.75) is 26.3 Å². The van der Waals surface area contributed by atoms with Gasteiger partial charge in [0.2, 0.25) is 0 Å². The SMILES string of the molecule is Cc1ccsc1CNC(=O)N(C)CCCC(=O)O. The van der Waals surface area contributed by atoms with E-state index in [1.165, 1.54) is 10.5 Å². The van der Waals surface area contributed by atoms with Gasteiger partial charge in [0, 0.05) is 24.9 Å². The lowest BCUT2D eigenvalue weighted by molar-refractivity contribution is -0.137. The van der Waals surface area contributed by atoms with Gasteiger partial charge >= 0.3 is 12.0 Å². The number of carboxylic acids is 1. The lowest BCUT2D eigenvalue weighted by Gasteiger charge is -2.17. The molecule has 0 aliphatic heterocycles. The number of carbonyl (C=O) groups excluding carboxylic acids is 1. The number of amides is 2. The molecule has 1 aromatic heterocycles. The Morgan fingerprint density at radius 3 is 2.78 bits per heavy atom. The Bertz CT molecular complexity index is 417. The van der Waals surface area contributed by atoms with Gasteiger partial charge in [0.1, 0.15) is 0 Å². The topological polar surface area (TPSA) is 69.6 Å². The standard InChI is InChI=1S/C12H18N2O3S/c1-9-5-7-18-10(9)8-13-12(17)14(2)6-3-4-11(15)16/h5,7H,3-4,6,8H2,1-2H3,(H,13,17)(H,15,16). The summed E-state index contributed by atoms with van der Waals surface area (Å²) in [5.41, 5.74) is 1.17. The van der Waals surface area contributed by atoms with E-state index in [-0.39, 0.29) is 12.5 Å².